The standard InChI is InChI=1S/C6H13NO4P/c1-4-10-12(9,11-5-2)6(3)7-8/h4-5H2,1-3H3/b7-6-. The van der Waals surface area contributed by atoms with Crippen molar-refractivity contribution in [2.45, 2.75) is 20.8 Å². The molecular weight excluding hydrogens is 181 g/mol. The molecule has 1 radical (unpaired) electrons. The molecule has 0 atom stereocenters. The maximum absolute atomic E-state index is 11.6. The molecule has 0 aromatic carbocycles. The summed E-state index contributed by atoms with van der Waals surface area (Å²) in [5.74, 6) is 0. The average Bonchev–Trinajstić information content (AvgIpc) is 2.04. The lowest BCUT2D eigenvalue weighted by Gasteiger charge is -2.14. The minimum Gasteiger partial charge on any atom is -0.305 e. The Morgan fingerprint density at radius 1 is 1.33 bits per heavy atom. The topological polar surface area (TPSA) is 67.8 Å². The predicted molar refractivity (Wildman–Crippen MR) is 44.7 cm³/mol. The van der Waals surface area contributed by atoms with Crippen LogP contribution in [-0.2, 0) is 18.8 Å². The number of hydrogen-bond acceptors (Lipinski definition) is 4. The summed E-state index contributed by atoms with van der Waals surface area (Å²) in [4.78, 5) is 0. The van der Waals surface area contributed by atoms with E-state index in [0.717, 1.165) is 0 Å². The predicted octanol–water partition coefficient (Wildman–Crippen LogP) is 2.02. The Bertz CT molecular complexity index is 194. The smallest absolute Gasteiger partial charge is 0.305 e. The minimum atomic E-state index is -3.37. The maximum Gasteiger partial charge on any atom is 0.378 e. The van der Waals surface area contributed by atoms with Crippen molar-refractivity contribution < 1.29 is 18.8 Å². The molecule has 5 nitrogen and oxygen atoms in total. The van der Waals surface area contributed by atoms with Crippen molar-refractivity contribution in [3.63, 3.8) is 0 Å². The molecule has 0 amide bonds. The molecule has 0 rings (SSSR count). The maximum atomic E-state index is 11.6. The monoisotopic (exact) mass is 194 g/mol. The molecule has 0 N–H and O–H groups in total. The summed E-state index contributed by atoms with van der Waals surface area (Å²) >= 11 is 0. The van der Waals surface area contributed by atoms with Crippen LogP contribution in [0, 0.1) is 0 Å². The summed E-state index contributed by atoms with van der Waals surface area (Å²) in [6.45, 7) is 5.13. The first-order chi connectivity index (χ1) is 5.60. The first kappa shape index (κ1) is 11.6. The lowest BCUT2D eigenvalue weighted by atomic mass is 10.9. The van der Waals surface area contributed by atoms with Gasteiger partial charge in [0.25, 0.3) is 0 Å². The van der Waals surface area contributed by atoms with Gasteiger partial charge in [-0.15, -0.1) is 5.21 Å². The van der Waals surface area contributed by atoms with Crippen LogP contribution in [0.3, 0.4) is 0 Å². The fourth-order valence-corrected chi connectivity index (χ4v) is 1.84. The van der Waals surface area contributed by atoms with Crippen molar-refractivity contribution in [3.05, 3.63) is 0 Å². The number of hydrogen-bond donors (Lipinski definition) is 0. The first-order valence-electron chi connectivity index (χ1n) is 3.67. The second kappa shape index (κ2) is 5.30. The van der Waals surface area contributed by atoms with Crippen molar-refractivity contribution in [1.29, 1.82) is 0 Å². The van der Waals surface area contributed by atoms with Gasteiger partial charge in [0.2, 0.25) is 0 Å². The summed E-state index contributed by atoms with van der Waals surface area (Å²) in [6, 6.07) is 0. The third kappa shape index (κ3) is 2.93. The van der Waals surface area contributed by atoms with Crippen molar-refractivity contribution in [1.82, 2.24) is 0 Å². The number of nitrogens with zero attached hydrogens (tertiary/aromatic N) is 1. The Morgan fingerprint density at radius 3 is 2.00 bits per heavy atom. The fraction of sp³-hybridized carbons (Fsp3) is 0.833. The van der Waals surface area contributed by atoms with E-state index in [1.54, 1.807) is 13.8 Å². The fourth-order valence-electron chi connectivity index (χ4n) is 0.614. The van der Waals surface area contributed by atoms with Gasteiger partial charge in [0.1, 0.15) is 0 Å². The Morgan fingerprint density at radius 2 is 1.75 bits per heavy atom. The summed E-state index contributed by atoms with van der Waals surface area (Å²) in [6.07, 6.45) is 0. The summed E-state index contributed by atoms with van der Waals surface area (Å²) in [7, 11) is -3.37. The quantitative estimate of drug-likeness (QED) is 0.382. The zero-order chi connectivity index (χ0) is 9.61. The zero-order valence-corrected chi connectivity index (χ0v) is 8.34. The van der Waals surface area contributed by atoms with Crippen molar-refractivity contribution in [3.8, 4) is 0 Å². The summed E-state index contributed by atoms with van der Waals surface area (Å²) in [5, 5.41) is 12.6. The van der Waals surface area contributed by atoms with E-state index >= 15 is 0 Å². The Labute approximate surface area is 71.9 Å². The van der Waals surface area contributed by atoms with Crippen LogP contribution in [0.5, 0.6) is 0 Å². The van der Waals surface area contributed by atoms with E-state index in [2.05, 4.69) is 5.16 Å². The lowest BCUT2D eigenvalue weighted by molar-refractivity contribution is 0.203. The van der Waals surface area contributed by atoms with Gasteiger partial charge in [-0.25, -0.2) is 0 Å². The molecule has 0 aliphatic rings. The van der Waals surface area contributed by atoms with E-state index in [1.165, 1.54) is 6.92 Å². The Balaban J connectivity index is 4.50. The molecule has 71 valence electrons. The molecule has 0 heterocycles. The van der Waals surface area contributed by atoms with E-state index < -0.39 is 7.60 Å². The van der Waals surface area contributed by atoms with Crippen LogP contribution in [0.1, 0.15) is 20.8 Å². The van der Waals surface area contributed by atoms with Gasteiger partial charge in [0.05, 0.1) is 13.2 Å². The van der Waals surface area contributed by atoms with Crippen molar-refractivity contribution >= 4 is 13.0 Å². The highest BCUT2D eigenvalue weighted by Gasteiger charge is 2.28. The van der Waals surface area contributed by atoms with Gasteiger partial charge in [-0.3, -0.25) is 4.57 Å². The normalized spacial score (nSPS) is 13.4. The molecule has 0 fully saturated rings. The van der Waals surface area contributed by atoms with Crippen LogP contribution in [-0.4, -0.2) is 18.7 Å². The van der Waals surface area contributed by atoms with Crippen LogP contribution >= 0.6 is 7.60 Å². The number of rotatable bonds is 5. The van der Waals surface area contributed by atoms with E-state index in [4.69, 9.17) is 9.05 Å². The van der Waals surface area contributed by atoms with Crippen LogP contribution < -0.4 is 0 Å². The molecule has 0 bridgehead atoms. The summed E-state index contributed by atoms with van der Waals surface area (Å²) in [5.41, 5.74) is -0.133. The first-order valence-corrected chi connectivity index (χ1v) is 5.21. The largest absolute Gasteiger partial charge is 0.378 e. The third-order valence-corrected chi connectivity index (χ3v) is 3.20. The van der Waals surface area contributed by atoms with E-state index in [-0.39, 0.29) is 18.7 Å². The molecule has 0 aliphatic carbocycles. The Hall–Kier alpha value is -0.380. The van der Waals surface area contributed by atoms with Crippen LogP contribution in [0.15, 0.2) is 5.16 Å². The highest BCUT2D eigenvalue weighted by Crippen LogP contribution is 2.49. The summed E-state index contributed by atoms with van der Waals surface area (Å²) < 4.78 is 21.2. The van der Waals surface area contributed by atoms with Crippen LogP contribution in [0.4, 0.5) is 0 Å². The van der Waals surface area contributed by atoms with Gasteiger partial charge < -0.3 is 9.05 Å². The lowest BCUT2D eigenvalue weighted by Crippen LogP contribution is -2.03. The van der Waals surface area contributed by atoms with Gasteiger partial charge in [0.15, 0.2) is 5.45 Å². The van der Waals surface area contributed by atoms with Gasteiger partial charge in [-0.1, -0.05) is 0 Å². The molecular formula is C6H13NO4P. The second-order valence-corrected chi connectivity index (χ2v) is 4.13. The third-order valence-electron chi connectivity index (χ3n) is 1.13. The molecule has 12 heavy (non-hydrogen) atoms. The highest BCUT2D eigenvalue weighted by atomic mass is 31.2. The van der Waals surface area contributed by atoms with E-state index in [1.807, 2.05) is 0 Å². The van der Waals surface area contributed by atoms with Gasteiger partial charge >= 0.3 is 7.60 Å². The van der Waals surface area contributed by atoms with Gasteiger partial charge in [0, 0.05) is 0 Å². The molecule has 0 aromatic heterocycles. The second-order valence-electron chi connectivity index (χ2n) is 1.97. The molecule has 0 saturated heterocycles. The average molecular weight is 194 g/mol. The van der Waals surface area contributed by atoms with Crippen LogP contribution in [0.2, 0.25) is 0 Å². The molecule has 0 spiro atoms. The molecule has 0 aliphatic heterocycles. The molecule has 0 unspecified atom stereocenters. The minimum absolute atomic E-state index is 0.133. The van der Waals surface area contributed by atoms with E-state index in [0.29, 0.717) is 0 Å². The van der Waals surface area contributed by atoms with Crippen molar-refractivity contribution in [2.75, 3.05) is 13.2 Å². The van der Waals surface area contributed by atoms with Gasteiger partial charge in [-0.05, 0) is 25.9 Å². The van der Waals surface area contributed by atoms with Gasteiger partial charge in [-0.2, -0.15) is 0 Å². The SMILES string of the molecule is CCOP(=O)(OCC)/C(C)=N\[O]. The van der Waals surface area contributed by atoms with E-state index in [9.17, 15) is 9.77 Å². The molecule has 6 heteroatoms. The molecule has 0 aromatic rings. The van der Waals surface area contributed by atoms with Crippen LogP contribution in [0.25, 0.3) is 0 Å². The zero-order valence-electron chi connectivity index (χ0n) is 7.44. The van der Waals surface area contributed by atoms with Crippen molar-refractivity contribution in [2.24, 2.45) is 5.16 Å². The Kier molecular flexibility index (Phi) is 5.13. The molecule has 0 saturated carbocycles. The highest BCUT2D eigenvalue weighted by molar-refractivity contribution is 7.72.